The number of nitrogens with one attached hydrogen (secondary N) is 1. The van der Waals surface area contributed by atoms with Crippen LogP contribution in [0.3, 0.4) is 0 Å². The number of unbranched alkanes of at least 4 members (excludes halogenated alkanes) is 2. The fraction of sp³-hybridized carbons (Fsp3) is 0.455. The van der Waals surface area contributed by atoms with Gasteiger partial charge in [0.25, 0.3) is 0 Å². The van der Waals surface area contributed by atoms with Gasteiger partial charge in [0, 0.05) is 0 Å². The summed E-state index contributed by atoms with van der Waals surface area (Å²) in [6.07, 6.45) is 4.89. The monoisotopic (exact) mass is 224 g/mol. The molecule has 2 aromatic rings. The number of aromatic amines is 1. The minimum atomic E-state index is 0. The smallest absolute Gasteiger partial charge is 0.116 e. The van der Waals surface area contributed by atoms with E-state index in [4.69, 9.17) is 0 Å². The van der Waals surface area contributed by atoms with Gasteiger partial charge in [-0.1, -0.05) is 37.1 Å². The zero-order valence-corrected chi connectivity index (χ0v) is 9.66. The third-order valence-corrected chi connectivity index (χ3v) is 2.49. The largest absolute Gasteiger partial charge is 0.412 e. The number of benzene rings is 1. The molecule has 0 atom stereocenters. The number of hydrogen-bond donors (Lipinski definition) is 2. The summed E-state index contributed by atoms with van der Waals surface area (Å²) in [5.74, 6) is 0. The van der Waals surface area contributed by atoms with Gasteiger partial charge in [-0.25, -0.2) is 0 Å². The van der Waals surface area contributed by atoms with E-state index in [0.717, 1.165) is 17.5 Å². The Hall–Kier alpha value is -1.46. The maximum absolute atomic E-state index is 4.09. The molecule has 16 heavy (non-hydrogen) atoms. The predicted molar refractivity (Wildman–Crippen MR) is 65.8 cm³/mol. The molecule has 1 heterocycles. The maximum atomic E-state index is 4.09. The molecule has 0 saturated heterocycles. The summed E-state index contributed by atoms with van der Waals surface area (Å²) >= 11 is 0. The van der Waals surface area contributed by atoms with Gasteiger partial charge in [0.1, 0.15) is 5.52 Å². The van der Waals surface area contributed by atoms with E-state index in [-0.39, 0.29) is 11.6 Å². The molecular weight excluding hydrogens is 204 g/mol. The highest BCUT2D eigenvalue weighted by molar-refractivity contribution is 5.77. The van der Waals surface area contributed by atoms with Crippen molar-refractivity contribution in [1.29, 1.82) is 0 Å². The zero-order valence-electron chi connectivity index (χ0n) is 9.66. The van der Waals surface area contributed by atoms with Crippen LogP contribution in [0.4, 0.5) is 0 Å². The van der Waals surface area contributed by atoms with E-state index in [2.05, 4.69) is 34.5 Å². The lowest BCUT2D eigenvalue weighted by molar-refractivity contribution is 0.719. The van der Waals surface area contributed by atoms with E-state index in [1.54, 1.807) is 0 Å². The highest BCUT2D eigenvalue weighted by atomic mass is 16.0. The maximum Gasteiger partial charge on any atom is 0.116 e. The number of rotatable bonds is 4. The van der Waals surface area contributed by atoms with Gasteiger partial charge in [0.2, 0.25) is 0 Å². The number of nitrogens with zero attached hydrogens (tertiary/aromatic N) is 2. The van der Waals surface area contributed by atoms with Crippen LogP contribution in [-0.4, -0.2) is 20.9 Å². The van der Waals surface area contributed by atoms with Gasteiger partial charge in [-0.2, -0.15) is 0 Å². The molecule has 2 rings (SSSR count). The lowest BCUT2D eigenvalue weighted by Gasteiger charge is -2.00. The van der Waals surface area contributed by atoms with Crippen LogP contribution in [0, 0.1) is 0 Å². The summed E-state index contributed by atoms with van der Waals surface area (Å²) in [6, 6.07) is 6.21. The molecule has 0 unspecified atom stereocenters. The van der Waals surface area contributed by atoms with Gasteiger partial charge in [0.15, 0.2) is 0 Å². The van der Waals surface area contributed by atoms with Gasteiger partial charge in [0.05, 0.1) is 5.52 Å². The second-order valence-corrected chi connectivity index (χ2v) is 3.58. The Morgan fingerprint density at radius 3 is 2.81 bits per heavy atom. The van der Waals surface area contributed by atoms with Crippen molar-refractivity contribution < 1.29 is 5.48 Å². The third kappa shape index (κ3) is 3.01. The molecule has 0 amide bonds. The lowest BCUT2D eigenvalue weighted by atomic mass is 10.1. The number of H-pyrrole nitrogens is 1. The summed E-state index contributed by atoms with van der Waals surface area (Å²) in [5.41, 5.74) is 3.38. The van der Waals surface area contributed by atoms with Crippen LogP contribution in [0.2, 0.25) is 0 Å². The first-order valence-electron chi connectivity index (χ1n) is 5.20. The first kappa shape index (κ1) is 14.5. The van der Waals surface area contributed by atoms with Crippen LogP contribution in [0.5, 0.6) is 0 Å². The Labute approximate surface area is 95.1 Å². The molecule has 0 aliphatic heterocycles. The lowest BCUT2D eigenvalue weighted by Crippen LogP contribution is -1.87. The molecule has 0 aliphatic rings. The van der Waals surface area contributed by atoms with E-state index < -0.39 is 0 Å². The van der Waals surface area contributed by atoms with Gasteiger partial charge >= 0.3 is 0 Å². The van der Waals surface area contributed by atoms with Gasteiger partial charge in [-0.15, -0.1) is 5.10 Å². The number of hydrogen-bond acceptors (Lipinski definition) is 3. The molecule has 0 spiro atoms. The molecule has 5 heteroatoms. The van der Waals surface area contributed by atoms with Crippen molar-refractivity contribution in [3.8, 4) is 0 Å². The molecule has 0 radical (unpaired) electrons. The molecule has 0 bridgehead atoms. The van der Waals surface area contributed by atoms with E-state index in [1.807, 2.05) is 6.07 Å². The van der Waals surface area contributed by atoms with E-state index >= 15 is 0 Å². The molecule has 0 fully saturated rings. The normalized spacial score (nSPS) is 9.56. The van der Waals surface area contributed by atoms with Crippen molar-refractivity contribution in [3.05, 3.63) is 23.8 Å². The fourth-order valence-electron chi connectivity index (χ4n) is 1.70. The molecular formula is C11H20N4O. The van der Waals surface area contributed by atoms with E-state index in [9.17, 15) is 0 Å². The molecule has 0 saturated carbocycles. The number of aryl methyl sites for hydroxylation is 1. The van der Waals surface area contributed by atoms with Crippen LogP contribution in [-0.2, 0) is 6.42 Å². The summed E-state index contributed by atoms with van der Waals surface area (Å²) in [7, 11) is 0. The second kappa shape index (κ2) is 6.92. The summed E-state index contributed by atoms with van der Waals surface area (Å²) in [4.78, 5) is 0. The van der Waals surface area contributed by atoms with E-state index in [1.165, 1.54) is 24.8 Å². The minimum Gasteiger partial charge on any atom is -0.412 e. The quantitative estimate of drug-likeness (QED) is 0.775. The predicted octanol–water partition coefficient (Wildman–Crippen LogP) is 2.03. The van der Waals surface area contributed by atoms with Crippen LogP contribution in [0.25, 0.3) is 11.0 Å². The van der Waals surface area contributed by atoms with Crippen molar-refractivity contribution in [1.82, 2.24) is 21.6 Å². The van der Waals surface area contributed by atoms with Gasteiger partial charge in [-0.05, 0) is 24.5 Å². The third-order valence-electron chi connectivity index (χ3n) is 2.49. The number of fused-ring (bicyclic) bond motifs is 1. The first-order chi connectivity index (χ1) is 6.92. The van der Waals surface area contributed by atoms with Crippen molar-refractivity contribution in [3.63, 3.8) is 0 Å². The van der Waals surface area contributed by atoms with Crippen LogP contribution in [0.15, 0.2) is 18.2 Å². The first-order valence-corrected chi connectivity index (χ1v) is 5.20. The number of aromatic nitrogens is 3. The fourth-order valence-corrected chi connectivity index (χ4v) is 1.70. The van der Waals surface area contributed by atoms with Crippen molar-refractivity contribution in [2.24, 2.45) is 0 Å². The van der Waals surface area contributed by atoms with Crippen LogP contribution >= 0.6 is 0 Å². The topological polar surface area (TPSA) is 108 Å². The minimum absolute atomic E-state index is 0. The molecule has 0 aliphatic carbocycles. The Morgan fingerprint density at radius 1 is 1.25 bits per heavy atom. The van der Waals surface area contributed by atoms with Crippen molar-refractivity contribution in [2.45, 2.75) is 32.6 Å². The Balaban J connectivity index is 0.00000112. The average molecular weight is 224 g/mol. The highest BCUT2D eigenvalue weighted by Crippen LogP contribution is 2.15. The molecule has 5 nitrogen and oxygen atoms in total. The Bertz CT molecular complexity index is 413. The summed E-state index contributed by atoms with van der Waals surface area (Å²) in [6.45, 7) is 2.22. The second-order valence-electron chi connectivity index (χ2n) is 3.58. The van der Waals surface area contributed by atoms with Crippen molar-refractivity contribution >= 4 is 11.0 Å². The Morgan fingerprint density at radius 2 is 2.06 bits per heavy atom. The Kier molecular flexibility index (Phi) is 6.29. The average Bonchev–Trinajstić information content (AvgIpc) is 2.67. The van der Waals surface area contributed by atoms with Crippen LogP contribution < -0.4 is 6.15 Å². The summed E-state index contributed by atoms with van der Waals surface area (Å²) < 4.78 is 0. The van der Waals surface area contributed by atoms with Gasteiger partial charge < -0.3 is 11.6 Å². The molecule has 90 valence electrons. The van der Waals surface area contributed by atoms with Crippen molar-refractivity contribution in [2.75, 3.05) is 0 Å². The summed E-state index contributed by atoms with van der Waals surface area (Å²) in [5, 5.41) is 10.8. The standard InChI is InChI=1S/C11H15N3.H3N.H2O/c1-2-3-4-6-9-7-5-8-10-11(9)13-14-12-10;;/h5,7-8H,2-4,6H2,1H3,(H,12,13,14);1H3;1H2. The SMILES string of the molecule is CCCCCc1cccc2[nH]nnc12.N.O. The molecule has 1 aromatic carbocycles. The van der Waals surface area contributed by atoms with E-state index in [0.29, 0.717) is 0 Å². The zero-order chi connectivity index (χ0) is 9.80. The highest BCUT2D eigenvalue weighted by Gasteiger charge is 2.02. The molecule has 6 N–H and O–H groups in total. The van der Waals surface area contributed by atoms with Gasteiger partial charge in [-0.3, -0.25) is 5.10 Å². The van der Waals surface area contributed by atoms with Crippen LogP contribution in [0.1, 0.15) is 31.7 Å². The molecule has 1 aromatic heterocycles.